The highest BCUT2D eigenvalue weighted by Gasteiger charge is 2.32. The summed E-state index contributed by atoms with van der Waals surface area (Å²) in [6.45, 7) is 1.69. The van der Waals surface area contributed by atoms with E-state index in [-0.39, 0.29) is 11.2 Å². The molecule has 0 aliphatic carbocycles. The van der Waals surface area contributed by atoms with Crippen molar-refractivity contribution in [3.05, 3.63) is 78.2 Å². The van der Waals surface area contributed by atoms with E-state index >= 15 is 0 Å². The summed E-state index contributed by atoms with van der Waals surface area (Å²) < 4.78 is 2.50. The summed E-state index contributed by atoms with van der Waals surface area (Å²) in [4.78, 5) is 40.1. The normalized spacial score (nSPS) is 18.6. The molecule has 0 N–H and O–H groups in total. The molecule has 2 aliphatic rings. The number of nitro groups is 1. The zero-order valence-electron chi connectivity index (χ0n) is 17.8. The molecule has 33 heavy (non-hydrogen) atoms. The minimum Gasteiger partial charge on any atom is -0.337 e. The fraction of sp³-hybridized carbons (Fsp3) is 0.136. The van der Waals surface area contributed by atoms with Crippen LogP contribution in [0.5, 0.6) is 0 Å². The van der Waals surface area contributed by atoms with E-state index < -0.39 is 10.8 Å². The number of amides is 1. The maximum Gasteiger partial charge on any atom is 0.283 e. The van der Waals surface area contributed by atoms with Crippen LogP contribution >= 0.6 is 23.1 Å². The van der Waals surface area contributed by atoms with Crippen molar-refractivity contribution in [2.45, 2.75) is 11.8 Å². The highest BCUT2D eigenvalue weighted by atomic mass is 32.2. The summed E-state index contributed by atoms with van der Waals surface area (Å²) in [6.07, 6.45) is 0. The van der Waals surface area contributed by atoms with Crippen molar-refractivity contribution in [3.63, 3.8) is 0 Å². The predicted molar refractivity (Wildman–Crippen MR) is 130 cm³/mol. The first-order valence-electron chi connectivity index (χ1n) is 9.87. The summed E-state index contributed by atoms with van der Waals surface area (Å²) in [7, 11) is 3.55. The average molecular weight is 480 g/mol. The van der Waals surface area contributed by atoms with E-state index in [0.29, 0.717) is 26.2 Å². The van der Waals surface area contributed by atoms with Gasteiger partial charge in [0.25, 0.3) is 17.2 Å². The number of hydrogen-bond donors (Lipinski definition) is 0. The number of nitro benzene ring substituents is 1. The molecule has 11 heteroatoms. The number of hydrazone groups is 1. The number of nitrogens with zero attached hydrogens (tertiary/aromatic N) is 5. The van der Waals surface area contributed by atoms with E-state index in [4.69, 9.17) is 0 Å². The number of thioether (sulfide) groups is 1. The quantitative estimate of drug-likeness (QED) is 0.413. The van der Waals surface area contributed by atoms with Crippen molar-refractivity contribution < 1.29 is 9.72 Å². The number of hydrogen-bond acceptors (Lipinski definition) is 8. The summed E-state index contributed by atoms with van der Waals surface area (Å²) in [5.74, 6) is -0.433. The highest BCUT2D eigenvalue weighted by molar-refractivity contribution is 8.08. The van der Waals surface area contributed by atoms with Crippen molar-refractivity contribution in [2.24, 2.45) is 12.1 Å². The van der Waals surface area contributed by atoms with Crippen LogP contribution in [0.25, 0.3) is 10.6 Å². The highest BCUT2D eigenvalue weighted by Crippen LogP contribution is 2.44. The number of benzene rings is 2. The SMILES string of the molecule is CC1=NN(c2cccc([N+](=O)[O-])c2)C(=O)C1=c1sc(=C2Sc3ccccc3N2C)c(=O)n1C. The van der Waals surface area contributed by atoms with Gasteiger partial charge in [-0.1, -0.05) is 30.0 Å². The fourth-order valence-electron chi connectivity index (χ4n) is 3.77. The maximum atomic E-state index is 13.3. The van der Waals surface area contributed by atoms with Crippen LogP contribution in [0, 0.1) is 10.1 Å². The second-order valence-electron chi connectivity index (χ2n) is 7.49. The molecule has 3 aromatic rings. The van der Waals surface area contributed by atoms with E-state index in [9.17, 15) is 19.7 Å². The molecule has 0 unspecified atom stereocenters. The van der Waals surface area contributed by atoms with Crippen LogP contribution in [-0.4, -0.2) is 28.2 Å². The van der Waals surface area contributed by atoms with E-state index in [1.165, 1.54) is 45.9 Å². The third-order valence-electron chi connectivity index (χ3n) is 5.45. The van der Waals surface area contributed by atoms with Gasteiger partial charge in [0.1, 0.15) is 14.2 Å². The van der Waals surface area contributed by atoms with Crippen molar-refractivity contribution in [1.82, 2.24) is 4.57 Å². The van der Waals surface area contributed by atoms with Crippen molar-refractivity contribution >= 4 is 62.4 Å². The van der Waals surface area contributed by atoms with Gasteiger partial charge in [-0.25, -0.2) is 0 Å². The number of anilines is 2. The molecule has 9 nitrogen and oxygen atoms in total. The Bertz CT molecular complexity index is 1570. The third kappa shape index (κ3) is 3.28. The molecule has 5 rings (SSSR count). The minimum atomic E-state index is -0.522. The first-order chi connectivity index (χ1) is 15.8. The number of thiazole rings is 1. The molecule has 3 heterocycles. The Hall–Kier alpha value is -3.70. The van der Waals surface area contributed by atoms with E-state index in [1.54, 1.807) is 20.0 Å². The number of rotatable bonds is 2. The van der Waals surface area contributed by atoms with Crippen LogP contribution in [0.15, 0.2) is 63.3 Å². The Balaban J connectivity index is 1.66. The molecule has 2 aliphatic heterocycles. The van der Waals surface area contributed by atoms with Crippen LogP contribution in [-0.2, 0) is 11.8 Å². The van der Waals surface area contributed by atoms with Gasteiger partial charge < -0.3 is 9.47 Å². The number of aromatic nitrogens is 1. The lowest BCUT2D eigenvalue weighted by atomic mass is 10.2. The minimum absolute atomic E-state index is 0.135. The van der Waals surface area contributed by atoms with Crippen LogP contribution in [0.4, 0.5) is 17.1 Å². The molecule has 2 aromatic carbocycles. The Kier molecular flexibility index (Phi) is 4.94. The summed E-state index contributed by atoms with van der Waals surface area (Å²) in [5, 5.41) is 17.4. The first-order valence-corrected chi connectivity index (χ1v) is 11.5. The van der Waals surface area contributed by atoms with Gasteiger partial charge in [-0.2, -0.15) is 10.1 Å². The molecule has 1 amide bonds. The molecule has 0 fully saturated rings. The summed E-state index contributed by atoms with van der Waals surface area (Å²) >= 11 is 2.77. The van der Waals surface area contributed by atoms with Crippen molar-refractivity contribution in [3.8, 4) is 0 Å². The summed E-state index contributed by atoms with van der Waals surface area (Å²) in [5.41, 5.74) is 1.73. The molecule has 0 atom stereocenters. The third-order valence-corrected chi connectivity index (χ3v) is 8.06. The molecule has 0 bridgehead atoms. The van der Waals surface area contributed by atoms with Gasteiger partial charge in [0.15, 0.2) is 0 Å². The number of carbonyl (C=O) groups is 1. The lowest BCUT2D eigenvalue weighted by Gasteiger charge is -2.11. The molecule has 1 aromatic heterocycles. The second-order valence-corrected chi connectivity index (χ2v) is 9.52. The van der Waals surface area contributed by atoms with E-state index in [2.05, 4.69) is 5.10 Å². The van der Waals surface area contributed by atoms with E-state index in [1.807, 2.05) is 36.2 Å². The largest absolute Gasteiger partial charge is 0.337 e. The number of carbonyl (C=O) groups excluding carboxylic acids is 1. The second kappa shape index (κ2) is 7.71. The smallest absolute Gasteiger partial charge is 0.283 e. The van der Waals surface area contributed by atoms with E-state index in [0.717, 1.165) is 20.6 Å². The average Bonchev–Trinajstić information content (AvgIpc) is 3.40. The number of para-hydroxylation sites is 1. The Morgan fingerprint density at radius 1 is 1.06 bits per heavy atom. The molecule has 0 spiro atoms. The number of non-ortho nitro benzene ring substituents is 1. The molecular formula is C22H17N5O4S2. The fourth-order valence-corrected chi connectivity index (χ4v) is 6.30. The lowest BCUT2D eigenvalue weighted by molar-refractivity contribution is -0.384. The monoisotopic (exact) mass is 479 g/mol. The maximum absolute atomic E-state index is 13.3. The number of fused-ring (bicyclic) bond motifs is 1. The van der Waals surface area contributed by atoms with Crippen LogP contribution < -0.4 is 24.7 Å². The van der Waals surface area contributed by atoms with Gasteiger partial charge in [-0.05, 0) is 25.1 Å². The van der Waals surface area contributed by atoms with Gasteiger partial charge in [-0.15, -0.1) is 11.3 Å². The topological polar surface area (TPSA) is 101 Å². The Morgan fingerprint density at radius 2 is 1.82 bits per heavy atom. The molecule has 0 saturated heterocycles. The van der Waals surface area contributed by atoms with Crippen LogP contribution in [0.1, 0.15) is 6.92 Å². The van der Waals surface area contributed by atoms with Gasteiger partial charge in [-0.3, -0.25) is 19.7 Å². The van der Waals surface area contributed by atoms with Gasteiger partial charge in [0.05, 0.1) is 27.6 Å². The molecule has 0 radical (unpaired) electrons. The van der Waals surface area contributed by atoms with Crippen molar-refractivity contribution in [2.75, 3.05) is 17.0 Å². The first kappa shape index (κ1) is 21.2. The zero-order valence-corrected chi connectivity index (χ0v) is 19.4. The molecule has 166 valence electrons. The van der Waals surface area contributed by atoms with Crippen LogP contribution in [0.2, 0.25) is 0 Å². The van der Waals surface area contributed by atoms with Gasteiger partial charge in [0.2, 0.25) is 0 Å². The zero-order chi connectivity index (χ0) is 23.4. The van der Waals surface area contributed by atoms with Gasteiger partial charge >= 0.3 is 0 Å². The van der Waals surface area contributed by atoms with Crippen LogP contribution in [0.3, 0.4) is 0 Å². The molecule has 0 saturated carbocycles. The Labute approximate surface area is 195 Å². The lowest BCUT2D eigenvalue weighted by Crippen LogP contribution is -2.33. The summed E-state index contributed by atoms with van der Waals surface area (Å²) in [6, 6.07) is 13.6. The Morgan fingerprint density at radius 3 is 2.55 bits per heavy atom. The standard InChI is InChI=1S/C22H17N5O4S2/c1-12-17(19(28)26(23-12)13-7-6-8-14(11-13)27(30)31)21-25(3)20(29)18(33-21)22-24(2)15-9-4-5-10-16(15)32-22/h4-11H,1-3H3. The van der Waals surface area contributed by atoms with Crippen molar-refractivity contribution in [1.29, 1.82) is 0 Å². The van der Waals surface area contributed by atoms with Gasteiger partial charge in [0, 0.05) is 31.1 Å². The molecular weight excluding hydrogens is 462 g/mol. The predicted octanol–water partition coefficient (Wildman–Crippen LogP) is 2.24.